The van der Waals surface area contributed by atoms with Crippen LogP contribution in [0.4, 0.5) is 5.69 Å². The minimum Gasteiger partial charge on any atom is -0.332 e. The molecule has 124 valence electrons. The van der Waals surface area contributed by atoms with Gasteiger partial charge in [-0.3, -0.25) is 19.3 Å². The molecule has 0 spiro atoms. The Labute approximate surface area is 139 Å². The highest BCUT2D eigenvalue weighted by molar-refractivity contribution is 5.96. The number of aromatic nitrogens is 3. The molecular weight excluding hydrogens is 306 g/mol. The Balaban J connectivity index is 1.61. The van der Waals surface area contributed by atoms with Crippen LogP contribution < -0.4 is 4.90 Å². The molecule has 2 aromatic rings. The second kappa shape index (κ2) is 5.74. The average Bonchev–Trinajstić information content (AvgIpc) is 3.21. The number of anilines is 1. The van der Waals surface area contributed by atoms with Crippen LogP contribution in [0.15, 0.2) is 36.8 Å². The normalized spacial score (nSPS) is 23.5. The van der Waals surface area contributed by atoms with Crippen molar-refractivity contribution >= 4 is 17.5 Å². The van der Waals surface area contributed by atoms with Crippen molar-refractivity contribution in [3.63, 3.8) is 0 Å². The van der Waals surface area contributed by atoms with E-state index < -0.39 is 0 Å². The Morgan fingerprint density at radius 1 is 1.25 bits per heavy atom. The first-order valence-corrected chi connectivity index (χ1v) is 8.18. The number of fused-ring (bicyclic) bond motifs is 1. The summed E-state index contributed by atoms with van der Waals surface area (Å²) in [5.41, 5.74) is 1.27. The number of hydrogen-bond acceptors (Lipinski definition) is 4. The maximum atomic E-state index is 12.8. The van der Waals surface area contributed by atoms with E-state index in [0.717, 1.165) is 12.1 Å². The molecule has 24 heavy (non-hydrogen) atoms. The highest BCUT2D eigenvalue weighted by Crippen LogP contribution is 2.35. The van der Waals surface area contributed by atoms with Gasteiger partial charge in [0.2, 0.25) is 5.91 Å². The smallest absolute Gasteiger partial charge is 0.272 e. The summed E-state index contributed by atoms with van der Waals surface area (Å²) in [4.78, 5) is 33.1. The molecule has 0 aliphatic carbocycles. The lowest BCUT2D eigenvalue weighted by molar-refractivity contribution is -0.120. The highest BCUT2D eigenvalue weighted by atomic mass is 16.2. The van der Waals surface area contributed by atoms with E-state index >= 15 is 0 Å². The molecule has 2 fully saturated rings. The molecule has 2 saturated heterocycles. The predicted molar refractivity (Wildman–Crippen MR) is 87.4 cm³/mol. The van der Waals surface area contributed by atoms with E-state index in [1.807, 2.05) is 29.1 Å². The fourth-order valence-electron chi connectivity index (χ4n) is 3.82. The molecule has 0 radical (unpaired) electrons. The monoisotopic (exact) mass is 325 g/mol. The summed E-state index contributed by atoms with van der Waals surface area (Å²) in [7, 11) is 1.83. The van der Waals surface area contributed by atoms with Crippen molar-refractivity contribution in [1.82, 2.24) is 19.7 Å². The second-order valence-electron chi connectivity index (χ2n) is 6.31. The second-order valence-corrected chi connectivity index (χ2v) is 6.31. The zero-order valence-corrected chi connectivity index (χ0v) is 13.5. The molecule has 2 unspecified atom stereocenters. The van der Waals surface area contributed by atoms with Gasteiger partial charge in [-0.05, 0) is 25.0 Å². The summed E-state index contributed by atoms with van der Waals surface area (Å²) in [6.45, 7) is 0.648. The molecule has 0 N–H and O–H groups in total. The quantitative estimate of drug-likeness (QED) is 0.832. The summed E-state index contributed by atoms with van der Waals surface area (Å²) < 4.78 is 1.69. The van der Waals surface area contributed by atoms with Crippen molar-refractivity contribution in [2.75, 3.05) is 11.4 Å². The van der Waals surface area contributed by atoms with Gasteiger partial charge in [-0.15, -0.1) is 0 Å². The molecule has 0 bridgehead atoms. The number of pyridine rings is 1. The van der Waals surface area contributed by atoms with Gasteiger partial charge >= 0.3 is 0 Å². The number of nitrogens with zero attached hydrogens (tertiary/aromatic N) is 5. The molecule has 4 rings (SSSR count). The van der Waals surface area contributed by atoms with E-state index in [0.29, 0.717) is 25.1 Å². The van der Waals surface area contributed by atoms with Gasteiger partial charge in [0.15, 0.2) is 0 Å². The number of carbonyl (C=O) groups is 2. The standard InChI is InChI=1S/C17H19N5O2/c1-20-11-12(10-19-20)22-15-7-9-21(14(15)5-6-16(22)23)17(24)13-4-2-3-8-18-13/h2-4,8,10-11,14-15H,5-7,9H2,1H3. The summed E-state index contributed by atoms with van der Waals surface area (Å²) in [6, 6.07) is 5.41. The van der Waals surface area contributed by atoms with Crippen molar-refractivity contribution in [2.45, 2.75) is 31.3 Å². The summed E-state index contributed by atoms with van der Waals surface area (Å²) >= 11 is 0. The minimum absolute atomic E-state index is 0.0168. The average molecular weight is 325 g/mol. The third-order valence-electron chi connectivity index (χ3n) is 4.88. The first-order valence-electron chi connectivity index (χ1n) is 8.18. The zero-order valence-electron chi connectivity index (χ0n) is 13.5. The van der Waals surface area contributed by atoms with Crippen molar-refractivity contribution in [1.29, 1.82) is 0 Å². The number of likely N-dealkylation sites (tertiary alicyclic amines) is 1. The van der Waals surface area contributed by atoms with Gasteiger partial charge in [0.1, 0.15) is 5.69 Å². The van der Waals surface area contributed by atoms with Crippen molar-refractivity contribution in [3.8, 4) is 0 Å². The minimum atomic E-state index is -0.0522. The van der Waals surface area contributed by atoms with Crippen LogP contribution in [0, 0.1) is 0 Å². The van der Waals surface area contributed by atoms with Gasteiger partial charge < -0.3 is 9.80 Å². The molecule has 7 heteroatoms. The largest absolute Gasteiger partial charge is 0.332 e. The van der Waals surface area contributed by atoms with Gasteiger partial charge in [-0.1, -0.05) is 6.07 Å². The molecule has 4 heterocycles. The third-order valence-corrected chi connectivity index (χ3v) is 4.88. The first-order chi connectivity index (χ1) is 11.6. The first kappa shape index (κ1) is 14.9. The highest BCUT2D eigenvalue weighted by Gasteiger charge is 2.46. The molecule has 2 aliphatic heterocycles. The van der Waals surface area contributed by atoms with E-state index in [4.69, 9.17) is 0 Å². The van der Waals surface area contributed by atoms with Crippen molar-refractivity contribution in [2.24, 2.45) is 7.05 Å². The fraction of sp³-hybridized carbons (Fsp3) is 0.412. The third kappa shape index (κ3) is 2.36. The van der Waals surface area contributed by atoms with Crippen LogP contribution in [-0.4, -0.2) is 50.1 Å². The van der Waals surface area contributed by atoms with E-state index in [2.05, 4.69) is 10.1 Å². The Kier molecular flexibility index (Phi) is 3.55. The summed E-state index contributed by atoms with van der Waals surface area (Å²) in [5, 5.41) is 4.17. The van der Waals surface area contributed by atoms with E-state index in [9.17, 15) is 9.59 Å². The van der Waals surface area contributed by atoms with Crippen LogP contribution in [0.25, 0.3) is 0 Å². The topological polar surface area (TPSA) is 71.3 Å². The summed E-state index contributed by atoms with van der Waals surface area (Å²) in [5.74, 6) is 0.0555. The number of aryl methyl sites for hydroxylation is 1. The lowest BCUT2D eigenvalue weighted by atomic mass is 9.95. The van der Waals surface area contributed by atoms with Crippen LogP contribution in [0.5, 0.6) is 0 Å². The van der Waals surface area contributed by atoms with Gasteiger partial charge in [0, 0.05) is 32.4 Å². The Hall–Kier alpha value is -2.70. The van der Waals surface area contributed by atoms with Gasteiger partial charge in [-0.2, -0.15) is 5.10 Å². The van der Waals surface area contributed by atoms with Crippen LogP contribution in [-0.2, 0) is 11.8 Å². The van der Waals surface area contributed by atoms with Crippen molar-refractivity contribution < 1.29 is 9.59 Å². The van der Waals surface area contributed by atoms with Gasteiger partial charge in [-0.25, -0.2) is 0 Å². The van der Waals surface area contributed by atoms with E-state index in [1.54, 1.807) is 29.2 Å². The number of hydrogen-bond donors (Lipinski definition) is 0. The van der Waals surface area contributed by atoms with Crippen LogP contribution in [0.3, 0.4) is 0 Å². The molecule has 0 aromatic carbocycles. The predicted octanol–water partition coefficient (Wildman–Crippen LogP) is 1.23. The number of amides is 2. The van der Waals surface area contributed by atoms with Gasteiger partial charge in [0.05, 0.1) is 24.0 Å². The molecule has 0 saturated carbocycles. The van der Waals surface area contributed by atoms with Crippen LogP contribution in [0.2, 0.25) is 0 Å². The number of carbonyl (C=O) groups excluding carboxylic acids is 2. The molecule has 2 aromatic heterocycles. The lowest BCUT2D eigenvalue weighted by Crippen LogP contribution is -2.53. The SMILES string of the molecule is Cn1cc(N2C(=O)CCC3C2CCN3C(=O)c2ccccn2)cn1. The molecule has 7 nitrogen and oxygen atoms in total. The lowest BCUT2D eigenvalue weighted by Gasteiger charge is -2.38. The number of piperidine rings is 1. The summed E-state index contributed by atoms with van der Waals surface area (Å²) in [6.07, 6.45) is 7.13. The van der Waals surface area contributed by atoms with E-state index in [-0.39, 0.29) is 23.9 Å². The Morgan fingerprint density at radius 3 is 2.83 bits per heavy atom. The maximum absolute atomic E-state index is 12.8. The molecule has 2 atom stereocenters. The van der Waals surface area contributed by atoms with Crippen molar-refractivity contribution in [3.05, 3.63) is 42.5 Å². The zero-order chi connectivity index (χ0) is 16.7. The molecule has 2 amide bonds. The molecule has 2 aliphatic rings. The maximum Gasteiger partial charge on any atom is 0.272 e. The Bertz CT molecular complexity index is 772. The fourth-order valence-corrected chi connectivity index (χ4v) is 3.82. The van der Waals surface area contributed by atoms with Gasteiger partial charge in [0.25, 0.3) is 5.91 Å². The van der Waals surface area contributed by atoms with Crippen LogP contribution in [0.1, 0.15) is 29.8 Å². The van der Waals surface area contributed by atoms with Crippen LogP contribution >= 0.6 is 0 Å². The molecular formula is C17H19N5O2. The van der Waals surface area contributed by atoms with E-state index in [1.165, 1.54) is 0 Å². The number of rotatable bonds is 2. The Morgan fingerprint density at radius 2 is 2.12 bits per heavy atom.